The smallest absolute Gasteiger partial charge is 0.210 e. The molecule has 2 rings (SSSR count). The Morgan fingerprint density at radius 3 is 1.14 bits per heavy atom. The number of hydrogen-bond acceptors (Lipinski definition) is 4. The number of rotatable bonds is 2. The first-order chi connectivity index (χ1) is 10.2. The fraction of sp³-hybridized carbons (Fsp3) is 0.125. The zero-order valence-corrected chi connectivity index (χ0v) is 13.7. The van der Waals surface area contributed by atoms with Crippen molar-refractivity contribution in [1.29, 1.82) is 0 Å². The minimum Gasteiger partial charge on any atom is -0.210 e. The first-order valence-corrected chi connectivity index (χ1v) is 9.34. The van der Waals surface area contributed by atoms with Crippen LogP contribution in [-0.2, 0) is 19.7 Å². The Bertz CT molecular complexity index is 862. The molecule has 2 aromatic carbocycles. The summed E-state index contributed by atoms with van der Waals surface area (Å²) >= 11 is 0. The van der Waals surface area contributed by atoms with Crippen LogP contribution in [0.5, 0.6) is 0 Å². The van der Waals surface area contributed by atoms with Crippen molar-refractivity contribution in [3.05, 3.63) is 59.7 Å². The van der Waals surface area contributed by atoms with Crippen molar-refractivity contribution in [3.63, 3.8) is 0 Å². The summed E-state index contributed by atoms with van der Waals surface area (Å²) in [5.74, 6) is 0. The van der Waals surface area contributed by atoms with Gasteiger partial charge in [0.2, 0.25) is 19.7 Å². The average molecular weight is 334 g/mol. The Balaban J connectivity index is 2.40. The molecule has 0 saturated carbocycles. The molecule has 0 spiro atoms. The summed E-state index contributed by atoms with van der Waals surface area (Å²) in [6.45, 7) is 3.65. The first-order valence-electron chi connectivity index (χ1n) is 6.38. The normalized spacial score (nSPS) is 11.5. The second kappa shape index (κ2) is 5.95. The maximum absolute atomic E-state index is 12.0. The van der Waals surface area contributed by atoms with Gasteiger partial charge in [-0.3, -0.25) is 0 Å². The van der Waals surface area contributed by atoms with Gasteiger partial charge in [0.15, 0.2) is 0 Å². The predicted molar refractivity (Wildman–Crippen MR) is 84.5 cm³/mol. The van der Waals surface area contributed by atoms with Crippen molar-refractivity contribution in [2.45, 2.75) is 23.6 Å². The number of benzene rings is 2. The van der Waals surface area contributed by atoms with Gasteiger partial charge in [0, 0.05) is 10.5 Å². The minimum absolute atomic E-state index is 0.0234. The highest BCUT2D eigenvalue weighted by Crippen LogP contribution is 2.14. The van der Waals surface area contributed by atoms with Gasteiger partial charge in [-0.25, -0.2) is 16.8 Å². The number of aryl methyl sites for hydroxylation is 2. The Morgan fingerprint density at radius 1 is 0.591 bits per heavy atom. The van der Waals surface area contributed by atoms with Crippen LogP contribution in [0.3, 0.4) is 0 Å². The van der Waals surface area contributed by atoms with Crippen molar-refractivity contribution < 1.29 is 16.8 Å². The molecule has 0 unspecified atom stereocenters. The monoisotopic (exact) mass is 334 g/mol. The standard InChI is InChI=1S/C16H14O4S2/c1-13-3-7-15(8-4-13)21(17,18)11-12-22(19,20)16-9-5-14(2)6-10-16/h3-10H,1-2H3. The molecule has 2 aromatic rings. The first kappa shape index (κ1) is 16.3. The molecule has 0 saturated heterocycles. The summed E-state index contributed by atoms with van der Waals surface area (Å²) in [5.41, 5.74) is 1.80. The molecule has 114 valence electrons. The second-order valence-electron chi connectivity index (χ2n) is 4.84. The molecular formula is C16H14O4S2. The van der Waals surface area contributed by atoms with E-state index in [9.17, 15) is 16.8 Å². The van der Waals surface area contributed by atoms with E-state index in [2.05, 4.69) is 0 Å². The van der Waals surface area contributed by atoms with Crippen LogP contribution >= 0.6 is 0 Å². The van der Waals surface area contributed by atoms with Crippen LogP contribution in [0.15, 0.2) is 58.3 Å². The maximum atomic E-state index is 12.0. The van der Waals surface area contributed by atoms with E-state index < -0.39 is 19.7 Å². The van der Waals surface area contributed by atoms with Crippen LogP contribution in [-0.4, -0.2) is 16.8 Å². The van der Waals surface area contributed by atoms with Crippen LogP contribution in [0.2, 0.25) is 0 Å². The maximum Gasteiger partial charge on any atom is 0.246 e. The van der Waals surface area contributed by atoms with Crippen molar-refractivity contribution in [2.24, 2.45) is 0 Å². The Kier molecular flexibility index (Phi) is 4.40. The molecular weight excluding hydrogens is 320 g/mol. The molecule has 0 bridgehead atoms. The van der Waals surface area contributed by atoms with Crippen molar-refractivity contribution in [1.82, 2.24) is 0 Å². The van der Waals surface area contributed by atoms with Gasteiger partial charge in [-0.2, -0.15) is 0 Å². The van der Waals surface area contributed by atoms with Gasteiger partial charge in [-0.1, -0.05) is 35.4 Å². The molecule has 0 radical (unpaired) electrons. The van der Waals surface area contributed by atoms with E-state index >= 15 is 0 Å². The SMILES string of the molecule is Cc1ccc(S(=O)(=O)C#CS(=O)(=O)c2ccc(C)cc2)cc1. The third-order valence-corrected chi connectivity index (χ3v) is 5.63. The van der Waals surface area contributed by atoms with Gasteiger partial charge >= 0.3 is 0 Å². The van der Waals surface area contributed by atoms with Gasteiger partial charge in [-0.15, -0.1) is 0 Å². The van der Waals surface area contributed by atoms with Gasteiger partial charge in [0.1, 0.15) is 0 Å². The zero-order valence-electron chi connectivity index (χ0n) is 12.1. The summed E-state index contributed by atoms with van der Waals surface area (Å²) in [7, 11) is -7.93. The van der Waals surface area contributed by atoms with Crippen molar-refractivity contribution in [3.8, 4) is 10.5 Å². The average Bonchev–Trinajstić information content (AvgIpc) is 2.46. The third-order valence-electron chi connectivity index (χ3n) is 2.97. The topological polar surface area (TPSA) is 68.3 Å². The zero-order chi connectivity index (χ0) is 16.4. The summed E-state index contributed by atoms with van der Waals surface area (Å²) in [6.07, 6.45) is 0. The highest BCUT2D eigenvalue weighted by molar-refractivity contribution is 7.99. The summed E-state index contributed by atoms with van der Waals surface area (Å²) in [4.78, 5) is -0.0468. The van der Waals surface area contributed by atoms with E-state index in [1.807, 2.05) is 24.4 Å². The van der Waals surface area contributed by atoms with Crippen LogP contribution in [0, 0.1) is 24.4 Å². The second-order valence-corrected chi connectivity index (χ2v) is 8.20. The van der Waals surface area contributed by atoms with Crippen LogP contribution in [0.25, 0.3) is 0 Å². The molecule has 0 aliphatic carbocycles. The molecule has 6 heteroatoms. The Labute approximate surface area is 130 Å². The lowest BCUT2D eigenvalue weighted by molar-refractivity contribution is 0.603. The van der Waals surface area contributed by atoms with Gasteiger partial charge < -0.3 is 0 Å². The van der Waals surface area contributed by atoms with E-state index in [4.69, 9.17) is 0 Å². The Hall–Kier alpha value is -2.10. The predicted octanol–water partition coefficient (Wildman–Crippen LogP) is 2.47. The van der Waals surface area contributed by atoms with Crippen molar-refractivity contribution in [2.75, 3.05) is 0 Å². The lowest BCUT2D eigenvalue weighted by Crippen LogP contribution is -2.01. The van der Waals surface area contributed by atoms with E-state index in [-0.39, 0.29) is 9.79 Å². The van der Waals surface area contributed by atoms with Crippen molar-refractivity contribution >= 4 is 19.7 Å². The Morgan fingerprint density at radius 2 is 0.864 bits per heavy atom. The quantitative estimate of drug-likeness (QED) is 0.791. The molecule has 0 N–H and O–H groups in total. The van der Waals surface area contributed by atoms with Crippen LogP contribution < -0.4 is 0 Å². The van der Waals surface area contributed by atoms with Crippen LogP contribution in [0.4, 0.5) is 0 Å². The highest BCUT2D eigenvalue weighted by atomic mass is 32.2. The molecule has 0 amide bonds. The van der Waals surface area contributed by atoms with Gasteiger partial charge in [0.25, 0.3) is 0 Å². The molecule has 0 aliphatic rings. The minimum atomic E-state index is -3.97. The highest BCUT2D eigenvalue weighted by Gasteiger charge is 2.14. The lowest BCUT2D eigenvalue weighted by Gasteiger charge is -1.98. The summed E-state index contributed by atoms with van der Waals surface area (Å²) in [6, 6.07) is 12.1. The number of sulfone groups is 2. The van der Waals surface area contributed by atoms with Gasteiger partial charge in [0.05, 0.1) is 9.79 Å². The molecule has 0 aromatic heterocycles. The summed E-state index contributed by atoms with van der Waals surface area (Å²) < 4.78 is 48.2. The van der Waals surface area contributed by atoms with E-state index in [1.54, 1.807) is 24.3 Å². The molecule has 22 heavy (non-hydrogen) atoms. The molecule has 0 heterocycles. The van der Waals surface area contributed by atoms with E-state index in [1.165, 1.54) is 24.3 Å². The fourth-order valence-corrected chi connectivity index (χ4v) is 3.76. The lowest BCUT2D eigenvalue weighted by atomic mass is 10.2. The molecule has 0 atom stereocenters. The third kappa shape index (κ3) is 3.75. The van der Waals surface area contributed by atoms with E-state index in [0.717, 1.165) is 11.1 Å². The van der Waals surface area contributed by atoms with Gasteiger partial charge in [-0.05, 0) is 38.1 Å². The summed E-state index contributed by atoms with van der Waals surface area (Å²) in [5, 5.41) is 3.76. The fourth-order valence-electron chi connectivity index (χ4n) is 1.66. The molecule has 4 nitrogen and oxygen atoms in total. The molecule has 0 fully saturated rings. The molecule has 0 aliphatic heterocycles. The number of hydrogen-bond donors (Lipinski definition) is 0. The van der Waals surface area contributed by atoms with Crippen LogP contribution in [0.1, 0.15) is 11.1 Å². The van der Waals surface area contributed by atoms with E-state index in [0.29, 0.717) is 0 Å². The largest absolute Gasteiger partial charge is 0.246 e.